The van der Waals surface area contributed by atoms with Crippen molar-refractivity contribution in [3.8, 4) is 5.75 Å². The van der Waals surface area contributed by atoms with E-state index in [-0.39, 0.29) is 23.8 Å². The summed E-state index contributed by atoms with van der Waals surface area (Å²) in [6, 6.07) is 6.46. The number of aromatic nitrogens is 5. The van der Waals surface area contributed by atoms with Gasteiger partial charge in [-0.1, -0.05) is 11.6 Å². The van der Waals surface area contributed by atoms with Crippen molar-refractivity contribution >= 4 is 22.7 Å². The molecular formula is C21H28N8O3. The number of carbonyl (C=O) groups excluding carboxylic acids is 2. The summed E-state index contributed by atoms with van der Waals surface area (Å²) in [6.45, 7) is 0.431. The van der Waals surface area contributed by atoms with Crippen molar-refractivity contribution in [2.24, 2.45) is 5.73 Å². The molecule has 0 saturated heterocycles. The minimum absolute atomic E-state index is 0.00671. The molecule has 1 fully saturated rings. The van der Waals surface area contributed by atoms with Crippen molar-refractivity contribution in [3.05, 3.63) is 35.8 Å². The predicted molar refractivity (Wildman–Crippen MR) is 117 cm³/mol. The first-order valence-electron chi connectivity index (χ1n) is 10.8. The Balaban J connectivity index is 1.45. The molecule has 3 atom stereocenters. The van der Waals surface area contributed by atoms with E-state index in [9.17, 15) is 9.59 Å². The van der Waals surface area contributed by atoms with Gasteiger partial charge in [-0.25, -0.2) is 0 Å². The molecule has 170 valence electrons. The van der Waals surface area contributed by atoms with E-state index in [0.717, 1.165) is 30.2 Å². The Labute approximate surface area is 184 Å². The van der Waals surface area contributed by atoms with Crippen LogP contribution in [0.25, 0.3) is 10.9 Å². The van der Waals surface area contributed by atoms with E-state index in [0.29, 0.717) is 36.7 Å². The molecule has 6 N–H and O–H groups in total. The van der Waals surface area contributed by atoms with Gasteiger partial charge in [0.1, 0.15) is 17.5 Å². The summed E-state index contributed by atoms with van der Waals surface area (Å²) < 4.78 is 5.24. The van der Waals surface area contributed by atoms with Crippen LogP contribution in [0, 0.1) is 0 Å². The fraction of sp³-hybridized carbons (Fsp3) is 0.476. The van der Waals surface area contributed by atoms with E-state index < -0.39 is 6.04 Å². The smallest absolute Gasteiger partial charge is 0.268 e. The molecule has 0 radical (unpaired) electrons. The molecule has 3 aromatic rings. The van der Waals surface area contributed by atoms with Crippen molar-refractivity contribution in [2.45, 2.75) is 50.1 Å². The highest BCUT2D eigenvalue weighted by Crippen LogP contribution is 2.32. The first-order chi connectivity index (χ1) is 15.6. The number of aromatic amines is 2. The maximum absolute atomic E-state index is 13.1. The molecule has 1 saturated carbocycles. The van der Waals surface area contributed by atoms with Crippen LogP contribution in [-0.4, -0.2) is 63.2 Å². The highest BCUT2D eigenvalue weighted by molar-refractivity contribution is 6.00. The standard InChI is InChI=1S/C21H28N8O3/c1-32-13-7-8-15-12(10-13)11-18(23-15)21(31)25-17(6-3-9-22)20(30)24-16-5-2-4-14(16)19-26-28-29-27-19/h7-8,10-11,14,16-17,23H,2-6,9,22H2,1H3,(H,24,30)(H,25,31)(H,26,27,28,29)/t14-,16+,17+/m1/s1. The molecule has 4 rings (SSSR count). The van der Waals surface area contributed by atoms with Gasteiger partial charge in [0.25, 0.3) is 5.91 Å². The maximum Gasteiger partial charge on any atom is 0.268 e. The second-order valence-corrected chi connectivity index (χ2v) is 8.02. The van der Waals surface area contributed by atoms with E-state index in [1.807, 2.05) is 18.2 Å². The molecule has 32 heavy (non-hydrogen) atoms. The minimum Gasteiger partial charge on any atom is -0.497 e. The van der Waals surface area contributed by atoms with Gasteiger partial charge in [-0.2, -0.15) is 5.21 Å². The van der Waals surface area contributed by atoms with Crippen LogP contribution >= 0.6 is 0 Å². The zero-order valence-electron chi connectivity index (χ0n) is 17.9. The van der Waals surface area contributed by atoms with E-state index in [4.69, 9.17) is 10.5 Å². The summed E-state index contributed by atoms with van der Waals surface area (Å²) in [5, 5.41) is 21.0. The molecule has 2 heterocycles. The summed E-state index contributed by atoms with van der Waals surface area (Å²) in [5.41, 5.74) is 6.85. The number of hydrogen-bond acceptors (Lipinski definition) is 7. The molecule has 1 aliphatic rings. The second-order valence-electron chi connectivity index (χ2n) is 8.02. The number of ether oxygens (including phenoxy) is 1. The summed E-state index contributed by atoms with van der Waals surface area (Å²) in [7, 11) is 1.59. The van der Waals surface area contributed by atoms with Gasteiger partial charge in [-0.05, 0) is 56.5 Å². The van der Waals surface area contributed by atoms with Gasteiger partial charge in [-0.15, -0.1) is 10.2 Å². The van der Waals surface area contributed by atoms with Gasteiger partial charge < -0.3 is 26.1 Å². The van der Waals surface area contributed by atoms with Crippen LogP contribution in [0.3, 0.4) is 0 Å². The number of hydrogen-bond donors (Lipinski definition) is 5. The van der Waals surface area contributed by atoms with Gasteiger partial charge in [0.05, 0.1) is 7.11 Å². The molecule has 2 aromatic heterocycles. The maximum atomic E-state index is 13.1. The number of nitrogens with one attached hydrogen (secondary N) is 4. The lowest BCUT2D eigenvalue weighted by atomic mass is 10.0. The Kier molecular flexibility index (Phi) is 6.64. The van der Waals surface area contributed by atoms with Crippen molar-refractivity contribution in [1.82, 2.24) is 36.2 Å². The number of fused-ring (bicyclic) bond motifs is 1. The summed E-state index contributed by atoms with van der Waals surface area (Å²) in [4.78, 5) is 29.1. The van der Waals surface area contributed by atoms with Gasteiger partial charge in [0.15, 0.2) is 5.82 Å². The predicted octanol–water partition coefficient (Wildman–Crippen LogP) is 0.979. The summed E-state index contributed by atoms with van der Waals surface area (Å²) in [5.74, 6) is 0.732. The number of nitrogens with two attached hydrogens (primary N) is 1. The van der Waals surface area contributed by atoms with E-state index >= 15 is 0 Å². The third kappa shape index (κ3) is 4.72. The zero-order chi connectivity index (χ0) is 22.5. The topological polar surface area (TPSA) is 164 Å². The SMILES string of the molecule is COc1ccc2[nH]c(C(=O)N[C@@H](CCCN)C(=O)N[C@H]3CCC[C@H]3c3nn[nH]n3)cc2c1. The number of H-pyrrole nitrogens is 2. The number of methoxy groups -OCH3 is 1. The van der Waals surface area contributed by atoms with E-state index in [2.05, 4.69) is 36.2 Å². The van der Waals surface area contributed by atoms with E-state index in [1.54, 1.807) is 13.2 Å². The zero-order valence-corrected chi connectivity index (χ0v) is 17.9. The third-order valence-corrected chi connectivity index (χ3v) is 5.93. The molecule has 1 aliphatic carbocycles. The lowest BCUT2D eigenvalue weighted by Gasteiger charge is -2.23. The van der Waals surface area contributed by atoms with Gasteiger partial charge >= 0.3 is 0 Å². The molecule has 1 aromatic carbocycles. The Morgan fingerprint density at radius 2 is 2.19 bits per heavy atom. The van der Waals surface area contributed by atoms with Crippen LogP contribution in [0.15, 0.2) is 24.3 Å². The quantitative estimate of drug-likeness (QED) is 0.331. The monoisotopic (exact) mass is 440 g/mol. The van der Waals surface area contributed by atoms with Crippen molar-refractivity contribution in [1.29, 1.82) is 0 Å². The minimum atomic E-state index is -0.696. The Bertz CT molecular complexity index is 1060. The van der Waals surface area contributed by atoms with Crippen molar-refractivity contribution < 1.29 is 14.3 Å². The highest BCUT2D eigenvalue weighted by atomic mass is 16.5. The summed E-state index contributed by atoms with van der Waals surface area (Å²) >= 11 is 0. The Morgan fingerprint density at radius 1 is 1.31 bits per heavy atom. The fourth-order valence-electron chi connectivity index (χ4n) is 4.24. The third-order valence-electron chi connectivity index (χ3n) is 5.93. The average Bonchev–Trinajstić information content (AvgIpc) is 3.55. The summed E-state index contributed by atoms with van der Waals surface area (Å²) in [6.07, 6.45) is 3.72. The number of rotatable bonds is 9. The second kappa shape index (κ2) is 9.77. The number of benzene rings is 1. The van der Waals surface area contributed by atoms with Crippen LogP contribution in [0.5, 0.6) is 5.75 Å². The van der Waals surface area contributed by atoms with Gasteiger partial charge in [-0.3, -0.25) is 9.59 Å². The Hall–Kier alpha value is -3.47. The Morgan fingerprint density at radius 3 is 2.94 bits per heavy atom. The van der Waals surface area contributed by atoms with Crippen LogP contribution in [0.2, 0.25) is 0 Å². The number of amides is 2. The first kappa shape index (κ1) is 21.8. The lowest BCUT2D eigenvalue weighted by Crippen LogP contribution is -2.50. The number of carbonyl (C=O) groups is 2. The van der Waals surface area contributed by atoms with Crippen molar-refractivity contribution in [3.63, 3.8) is 0 Å². The largest absolute Gasteiger partial charge is 0.497 e. The van der Waals surface area contributed by atoms with Gasteiger partial charge in [0.2, 0.25) is 5.91 Å². The van der Waals surface area contributed by atoms with Crippen LogP contribution in [0.4, 0.5) is 0 Å². The van der Waals surface area contributed by atoms with Crippen LogP contribution < -0.4 is 21.1 Å². The molecule has 11 nitrogen and oxygen atoms in total. The van der Waals surface area contributed by atoms with E-state index in [1.165, 1.54) is 0 Å². The van der Waals surface area contributed by atoms with Gasteiger partial charge in [0, 0.05) is 22.9 Å². The first-order valence-corrected chi connectivity index (χ1v) is 10.8. The fourth-order valence-corrected chi connectivity index (χ4v) is 4.24. The number of nitrogens with zero attached hydrogens (tertiary/aromatic N) is 3. The molecule has 0 aliphatic heterocycles. The number of tetrazole rings is 1. The van der Waals surface area contributed by atoms with Crippen LogP contribution in [-0.2, 0) is 4.79 Å². The molecule has 0 spiro atoms. The lowest BCUT2D eigenvalue weighted by molar-refractivity contribution is -0.123. The van der Waals surface area contributed by atoms with Crippen LogP contribution in [0.1, 0.15) is 54.3 Å². The molecule has 0 unspecified atom stereocenters. The highest BCUT2D eigenvalue weighted by Gasteiger charge is 2.34. The molecule has 2 amide bonds. The molecule has 11 heteroatoms. The average molecular weight is 441 g/mol. The van der Waals surface area contributed by atoms with Crippen molar-refractivity contribution in [2.75, 3.05) is 13.7 Å². The normalized spacial score (nSPS) is 19.1. The molecular weight excluding hydrogens is 412 g/mol. The molecule has 0 bridgehead atoms.